The van der Waals surface area contributed by atoms with Gasteiger partial charge in [-0.1, -0.05) is 48.5 Å². The molecule has 0 amide bonds. The summed E-state index contributed by atoms with van der Waals surface area (Å²) in [6.45, 7) is 0. The van der Waals surface area contributed by atoms with Gasteiger partial charge in [-0.15, -0.1) is 0 Å². The van der Waals surface area contributed by atoms with Crippen LogP contribution in [0.15, 0.2) is 54.6 Å². The molecule has 0 unspecified atom stereocenters. The third kappa shape index (κ3) is 3.32. The molecule has 0 aliphatic carbocycles. The Morgan fingerprint density at radius 2 is 1.40 bits per heavy atom. The molecule has 2 heteroatoms. The van der Waals surface area contributed by atoms with E-state index in [2.05, 4.69) is 12.1 Å². The van der Waals surface area contributed by atoms with Gasteiger partial charge in [0.1, 0.15) is 5.75 Å². The molecule has 0 aliphatic rings. The summed E-state index contributed by atoms with van der Waals surface area (Å²) in [6, 6.07) is 17.6. The Morgan fingerprint density at radius 1 is 0.800 bits per heavy atom. The zero-order chi connectivity index (χ0) is 9.80. The molecular weight excluding hydrogens is 263 g/mol. The average molecular weight is 275 g/mol. The van der Waals surface area contributed by atoms with Crippen molar-refractivity contribution in [2.24, 2.45) is 0 Å². The zero-order valence-electron chi connectivity index (χ0n) is 8.35. The van der Waals surface area contributed by atoms with Crippen LogP contribution >= 0.6 is 0 Å². The van der Waals surface area contributed by atoms with Gasteiger partial charge in [0.05, 0.1) is 0 Å². The van der Waals surface area contributed by atoms with Crippen LogP contribution in [0.4, 0.5) is 0 Å². The van der Waals surface area contributed by atoms with Gasteiger partial charge in [-0.2, -0.15) is 0 Å². The Bertz CT molecular complexity index is 412. The van der Waals surface area contributed by atoms with Crippen LogP contribution in [-0.2, 0) is 32.6 Å². The number of para-hydroxylation sites is 1. The molecule has 0 aliphatic heterocycles. The van der Waals surface area contributed by atoms with Crippen molar-refractivity contribution >= 4 is 0 Å². The Labute approximate surface area is 109 Å². The molecule has 1 nitrogen and oxygen atoms in total. The predicted molar refractivity (Wildman–Crippen MR) is 57.4 cm³/mol. The van der Waals surface area contributed by atoms with E-state index in [0.717, 1.165) is 12.0 Å². The van der Waals surface area contributed by atoms with E-state index >= 15 is 0 Å². The summed E-state index contributed by atoms with van der Waals surface area (Å²) in [6.07, 6.45) is 0.785. The first-order chi connectivity index (χ1) is 6.86. The summed E-state index contributed by atoms with van der Waals surface area (Å²) in [5.41, 5.74) is 2.19. The van der Waals surface area contributed by atoms with Gasteiger partial charge in [-0.25, -0.2) is 0 Å². The normalized spacial score (nSPS) is 9.33. The van der Waals surface area contributed by atoms with E-state index in [0.29, 0.717) is 5.75 Å². The molecule has 0 spiro atoms. The third-order valence-corrected chi connectivity index (χ3v) is 2.23. The number of hydrogen-bond donors (Lipinski definition) is 1. The fourth-order valence-corrected chi connectivity index (χ4v) is 1.48. The van der Waals surface area contributed by atoms with Crippen LogP contribution in [0.1, 0.15) is 11.1 Å². The predicted octanol–water partition coefficient (Wildman–Crippen LogP) is 2.98. The van der Waals surface area contributed by atoms with Crippen molar-refractivity contribution in [2.75, 3.05) is 0 Å². The Kier molecular flexibility index (Phi) is 4.77. The monoisotopic (exact) mass is 274 g/mol. The first kappa shape index (κ1) is 12.2. The standard InChI is InChI=1S/C13H12O.Zr/c14-13-9-5-4-8-12(13)10-11-6-2-1-3-7-11;/h1-9,14H,10H2;. The Morgan fingerprint density at radius 3 is 2.07 bits per heavy atom. The van der Waals surface area contributed by atoms with Crippen molar-refractivity contribution in [3.05, 3.63) is 65.7 Å². The van der Waals surface area contributed by atoms with Gasteiger partial charge in [-0.05, 0) is 17.2 Å². The van der Waals surface area contributed by atoms with Crippen LogP contribution in [-0.4, -0.2) is 5.11 Å². The van der Waals surface area contributed by atoms with Crippen molar-refractivity contribution in [1.82, 2.24) is 0 Å². The topological polar surface area (TPSA) is 20.2 Å². The molecule has 1 N–H and O–H groups in total. The number of aromatic hydroxyl groups is 1. The second-order valence-electron chi connectivity index (χ2n) is 3.29. The number of phenolic OH excluding ortho intramolecular Hbond substituents is 1. The quantitative estimate of drug-likeness (QED) is 0.893. The van der Waals surface area contributed by atoms with E-state index in [4.69, 9.17) is 0 Å². The van der Waals surface area contributed by atoms with Crippen molar-refractivity contribution in [3.63, 3.8) is 0 Å². The molecule has 74 valence electrons. The second-order valence-corrected chi connectivity index (χ2v) is 3.29. The van der Waals surface area contributed by atoms with Gasteiger partial charge in [0, 0.05) is 32.6 Å². The van der Waals surface area contributed by atoms with Crippen LogP contribution in [0, 0.1) is 0 Å². The second kappa shape index (κ2) is 5.87. The molecule has 0 aromatic heterocycles. The van der Waals surface area contributed by atoms with E-state index in [9.17, 15) is 5.11 Å². The fourth-order valence-electron chi connectivity index (χ4n) is 1.48. The summed E-state index contributed by atoms with van der Waals surface area (Å²) in [5.74, 6) is 0.372. The van der Waals surface area contributed by atoms with Crippen molar-refractivity contribution < 1.29 is 31.3 Å². The number of phenols is 1. The number of hydrogen-bond acceptors (Lipinski definition) is 1. The summed E-state index contributed by atoms with van der Waals surface area (Å²) in [5, 5.41) is 9.57. The van der Waals surface area contributed by atoms with Gasteiger partial charge in [0.2, 0.25) is 0 Å². The minimum absolute atomic E-state index is 0. The first-order valence-corrected chi connectivity index (χ1v) is 4.67. The van der Waals surface area contributed by atoms with Gasteiger partial charge >= 0.3 is 0 Å². The average Bonchev–Trinajstić information content (AvgIpc) is 2.23. The molecule has 0 heterocycles. The molecule has 2 rings (SSSR count). The Balaban J connectivity index is 0.00000112. The SMILES string of the molecule is Oc1ccccc1Cc1ccccc1.[Zr]. The summed E-state index contributed by atoms with van der Waals surface area (Å²) in [4.78, 5) is 0. The van der Waals surface area contributed by atoms with Crippen LogP contribution in [0.5, 0.6) is 5.75 Å². The maximum absolute atomic E-state index is 9.57. The molecule has 0 saturated heterocycles. The van der Waals surface area contributed by atoms with Crippen molar-refractivity contribution in [2.45, 2.75) is 6.42 Å². The fraction of sp³-hybridized carbons (Fsp3) is 0.0769. The minimum atomic E-state index is 0. The molecule has 15 heavy (non-hydrogen) atoms. The molecule has 0 saturated carbocycles. The van der Waals surface area contributed by atoms with Gasteiger partial charge in [-0.3, -0.25) is 0 Å². The number of rotatable bonds is 2. The maximum atomic E-state index is 9.57. The molecule has 0 bridgehead atoms. The summed E-state index contributed by atoms with van der Waals surface area (Å²) in [7, 11) is 0. The molecule has 0 radical (unpaired) electrons. The smallest absolute Gasteiger partial charge is 0.119 e. The molecular formula is C13H12OZr. The Hall–Kier alpha value is -0.877. The van der Waals surface area contributed by atoms with Crippen molar-refractivity contribution in [1.29, 1.82) is 0 Å². The van der Waals surface area contributed by atoms with E-state index in [1.54, 1.807) is 6.07 Å². The summed E-state index contributed by atoms with van der Waals surface area (Å²) < 4.78 is 0. The molecule has 0 fully saturated rings. The van der Waals surface area contributed by atoms with E-state index in [-0.39, 0.29) is 26.2 Å². The molecule has 2 aromatic rings. The molecule has 2 aromatic carbocycles. The maximum Gasteiger partial charge on any atom is 0.119 e. The first-order valence-electron chi connectivity index (χ1n) is 4.67. The minimum Gasteiger partial charge on any atom is -0.508 e. The van der Waals surface area contributed by atoms with Gasteiger partial charge in [0.25, 0.3) is 0 Å². The van der Waals surface area contributed by atoms with Crippen LogP contribution in [0.2, 0.25) is 0 Å². The van der Waals surface area contributed by atoms with E-state index in [1.807, 2.05) is 36.4 Å². The molecule has 0 atom stereocenters. The van der Waals surface area contributed by atoms with Gasteiger partial charge < -0.3 is 5.11 Å². The third-order valence-electron chi connectivity index (χ3n) is 2.23. The largest absolute Gasteiger partial charge is 0.508 e. The van der Waals surface area contributed by atoms with Crippen LogP contribution in [0.25, 0.3) is 0 Å². The summed E-state index contributed by atoms with van der Waals surface area (Å²) >= 11 is 0. The zero-order valence-corrected chi connectivity index (χ0v) is 10.8. The number of benzene rings is 2. The van der Waals surface area contributed by atoms with Crippen LogP contribution in [0.3, 0.4) is 0 Å². The van der Waals surface area contributed by atoms with Gasteiger partial charge in [0.15, 0.2) is 0 Å². The van der Waals surface area contributed by atoms with Crippen LogP contribution < -0.4 is 0 Å². The van der Waals surface area contributed by atoms with E-state index < -0.39 is 0 Å². The van der Waals surface area contributed by atoms with E-state index in [1.165, 1.54) is 5.56 Å². The van der Waals surface area contributed by atoms with Crippen molar-refractivity contribution in [3.8, 4) is 5.75 Å².